The molecule has 13 rings (SSSR count). The minimum atomic E-state index is -0.321. The lowest BCUT2D eigenvalue weighted by Crippen LogP contribution is -2.61. The molecular weight excluding hydrogens is 1070 g/mol. The summed E-state index contributed by atoms with van der Waals surface area (Å²) in [6.07, 6.45) is 4.54. The van der Waals surface area contributed by atoms with Crippen molar-refractivity contribution in [1.29, 1.82) is 0 Å². The van der Waals surface area contributed by atoms with Crippen molar-refractivity contribution >= 4 is 68.8 Å². The molecule has 88 heavy (non-hydrogen) atoms. The molecule has 0 N–H and O–H groups in total. The highest BCUT2D eigenvalue weighted by molar-refractivity contribution is 6.93. The zero-order valence-corrected chi connectivity index (χ0v) is 56.9. The first-order valence-electron chi connectivity index (χ1n) is 33.0. The molecule has 0 saturated carbocycles. The Morgan fingerprint density at radius 3 is 1.49 bits per heavy atom. The molecule has 0 amide bonds. The molecule has 9 aromatic rings. The van der Waals surface area contributed by atoms with E-state index in [1.165, 1.54) is 106 Å². The van der Waals surface area contributed by atoms with Gasteiger partial charge in [-0.25, -0.2) is 0 Å². The van der Waals surface area contributed by atoms with Crippen LogP contribution in [0.5, 0.6) is 0 Å². The van der Waals surface area contributed by atoms with Crippen molar-refractivity contribution in [1.82, 2.24) is 0 Å². The molecule has 4 aliphatic rings. The molecule has 452 valence electrons. The maximum Gasteiger partial charge on any atom is 0.375 e. The molecule has 0 bridgehead atoms. The average molecular weight is 1160 g/mol. The third-order valence-corrected chi connectivity index (χ3v) is 21.3. The van der Waals surface area contributed by atoms with Gasteiger partial charge in [0.05, 0.1) is 5.69 Å². The average Bonchev–Trinajstić information content (AvgIpc) is 1.32. The third kappa shape index (κ3) is 10.0. The van der Waals surface area contributed by atoms with Crippen molar-refractivity contribution < 1.29 is 4.42 Å². The molecule has 0 atom stereocenters. The topological polar surface area (TPSA) is 22.9 Å². The Balaban J connectivity index is 1.14. The Hall–Kier alpha value is -7.24. The number of rotatable bonds is 7. The summed E-state index contributed by atoms with van der Waals surface area (Å²) in [4.78, 5) is 7.92. The first-order chi connectivity index (χ1) is 41.1. The van der Waals surface area contributed by atoms with Gasteiger partial charge < -0.3 is 19.0 Å². The Morgan fingerprint density at radius 2 is 0.932 bits per heavy atom. The maximum atomic E-state index is 7.96. The molecule has 0 fully saturated rings. The van der Waals surface area contributed by atoms with Crippen molar-refractivity contribution in [3.8, 4) is 22.3 Å². The van der Waals surface area contributed by atoms with Crippen molar-refractivity contribution in [2.24, 2.45) is 0 Å². The molecule has 0 saturated heterocycles. The number of nitrogens with zero attached hydrogens (tertiary/aromatic N) is 3. The van der Waals surface area contributed by atoms with E-state index in [0.717, 1.165) is 54.0 Å². The van der Waals surface area contributed by atoms with E-state index < -0.39 is 0 Å². The van der Waals surface area contributed by atoms with Crippen LogP contribution in [-0.2, 0) is 49.9 Å². The monoisotopic (exact) mass is 1160 g/mol. The second-order valence-electron chi connectivity index (χ2n) is 33.7. The molecule has 0 radical (unpaired) electrons. The highest BCUT2D eigenvalue weighted by atomic mass is 16.3. The van der Waals surface area contributed by atoms with Crippen molar-refractivity contribution in [2.75, 3.05) is 14.6 Å². The van der Waals surface area contributed by atoms with Gasteiger partial charge in [0.25, 0.3) is 0 Å². The minimum Gasteiger partial charge on any atom is -0.466 e. The third-order valence-electron chi connectivity index (χ3n) is 21.3. The fourth-order valence-electron chi connectivity index (χ4n) is 15.2. The van der Waals surface area contributed by atoms with E-state index in [9.17, 15) is 0 Å². The molecule has 0 unspecified atom stereocenters. The lowest BCUT2D eigenvalue weighted by atomic mass is 9.45. The lowest BCUT2D eigenvalue weighted by molar-refractivity contribution is 0.332. The van der Waals surface area contributed by atoms with E-state index in [-0.39, 0.29) is 50.2 Å². The summed E-state index contributed by atoms with van der Waals surface area (Å²) < 4.78 is 7.96. The van der Waals surface area contributed by atoms with E-state index in [1.54, 1.807) is 0 Å². The first kappa shape index (κ1) is 59.7. The van der Waals surface area contributed by atoms with Crippen molar-refractivity contribution in [2.45, 2.75) is 214 Å². The number of furan rings is 1. The van der Waals surface area contributed by atoms with Gasteiger partial charge in [-0.3, -0.25) is 0 Å². The van der Waals surface area contributed by atoms with Crippen LogP contribution >= 0.6 is 0 Å². The summed E-state index contributed by atoms with van der Waals surface area (Å²) in [5, 5.41) is 1.19. The Labute approximate surface area is 528 Å². The number of benzene rings is 8. The van der Waals surface area contributed by atoms with E-state index in [2.05, 4.69) is 311 Å². The number of hydrogen-bond donors (Lipinski definition) is 0. The fourth-order valence-corrected chi connectivity index (χ4v) is 15.2. The molecule has 1 aromatic heterocycles. The Bertz CT molecular complexity index is 4160. The number of fused-ring (bicyclic) bond motifs is 8. The summed E-state index contributed by atoms with van der Waals surface area (Å²) >= 11 is 0. The molecular formula is C83H96BN3O. The van der Waals surface area contributed by atoms with Crippen LogP contribution in [-0.4, -0.2) is 6.85 Å². The summed E-state index contributed by atoms with van der Waals surface area (Å²) in [7, 11) is 0. The van der Waals surface area contributed by atoms with Gasteiger partial charge in [-0.2, -0.15) is 0 Å². The molecule has 0 spiro atoms. The number of hydrogen-bond acceptors (Lipinski definition) is 4. The van der Waals surface area contributed by atoms with Gasteiger partial charge >= 0.3 is 6.85 Å². The zero-order chi connectivity index (χ0) is 62.8. The van der Waals surface area contributed by atoms with Crippen LogP contribution in [0.1, 0.15) is 214 Å². The van der Waals surface area contributed by atoms with Crippen LogP contribution in [0, 0.1) is 0 Å². The van der Waals surface area contributed by atoms with Gasteiger partial charge in [0.15, 0.2) is 0 Å². The van der Waals surface area contributed by atoms with Gasteiger partial charge in [0.2, 0.25) is 0 Å². The van der Waals surface area contributed by atoms with Crippen molar-refractivity contribution in [3.05, 3.63) is 208 Å². The molecule has 2 aliphatic heterocycles. The highest BCUT2D eigenvalue weighted by Crippen LogP contribution is 2.55. The van der Waals surface area contributed by atoms with Crippen molar-refractivity contribution in [3.63, 3.8) is 0 Å². The van der Waals surface area contributed by atoms with Gasteiger partial charge in [-0.05, 0) is 208 Å². The minimum absolute atomic E-state index is 0.00884. The Kier molecular flexibility index (Phi) is 13.7. The van der Waals surface area contributed by atoms with Gasteiger partial charge in [-0.1, -0.05) is 229 Å². The predicted molar refractivity (Wildman–Crippen MR) is 379 cm³/mol. The standard InChI is InChI=1S/C83H96BN3O/c1-76(2,3)54-28-32-58(33-29-54)86(59-34-30-55(31-35-59)77(4,5)6)60-36-38-62-64-45-57(79(10,11)12)46-71-73(64)84(87(70(62)48-60)61-37-39-66-67(47-61)81(15,16)41-40-80(66,13)14)75-74(65-49-68-69(50-72(65)88-75)83(19,20)43-42-82(68,17)18)85(71)51-53-26-27-56(78(7,8)9)44-63(53)52-24-22-21-23-25-52/h21-39,44-50H,40-43,51H2,1-20H3. The largest absolute Gasteiger partial charge is 0.466 e. The summed E-state index contributed by atoms with van der Waals surface area (Å²) in [5.41, 5.74) is 28.5. The van der Waals surface area contributed by atoms with Gasteiger partial charge in [0, 0.05) is 51.6 Å². The fraction of sp³-hybridized carbons (Fsp3) is 0.398. The van der Waals surface area contributed by atoms with Crippen LogP contribution in [0.2, 0.25) is 0 Å². The van der Waals surface area contributed by atoms with Gasteiger partial charge in [-0.15, -0.1) is 0 Å². The van der Waals surface area contributed by atoms with Crippen LogP contribution in [0.4, 0.5) is 39.8 Å². The van der Waals surface area contributed by atoms with E-state index in [1.807, 2.05) is 0 Å². The predicted octanol–water partition coefficient (Wildman–Crippen LogP) is 22.0. The lowest BCUT2D eigenvalue weighted by Gasteiger charge is -2.46. The number of anilines is 7. The summed E-state index contributed by atoms with van der Waals surface area (Å²) in [6, 6.07) is 62.2. The van der Waals surface area contributed by atoms with E-state index >= 15 is 0 Å². The van der Waals surface area contributed by atoms with Crippen LogP contribution in [0.15, 0.2) is 162 Å². The quantitative estimate of drug-likeness (QED) is 0.148. The van der Waals surface area contributed by atoms with Crippen LogP contribution < -0.4 is 25.7 Å². The molecule has 5 heteroatoms. The maximum absolute atomic E-state index is 7.96. The molecule has 2 aliphatic carbocycles. The molecule has 3 heterocycles. The normalized spacial score (nSPS) is 17.2. The smallest absolute Gasteiger partial charge is 0.375 e. The summed E-state index contributed by atoms with van der Waals surface area (Å²) in [5.74, 6) is 0. The Morgan fingerprint density at radius 1 is 0.432 bits per heavy atom. The second-order valence-corrected chi connectivity index (χ2v) is 33.7. The van der Waals surface area contributed by atoms with E-state index in [0.29, 0.717) is 6.54 Å². The van der Waals surface area contributed by atoms with Gasteiger partial charge in [0.1, 0.15) is 11.2 Å². The molecule has 8 aromatic carbocycles. The van der Waals surface area contributed by atoms with Crippen LogP contribution in [0.3, 0.4) is 0 Å². The highest BCUT2D eigenvalue weighted by Gasteiger charge is 2.50. The summed E-state index contributed by atoms with van der Waals surface area (Å²) in [6.45, 7) is 48.0. The first-order valence-corrected chi connectivity index (χ1v) is 33.0. The zero-order valence-electron chi connectivity index (χ0n) is 56.9. The van der Waals surface area contributed by atoms with E-state index in [4.69, 9.17) is 4.42 Å². The SMILES string of the molecule is CC(C)(C)c1ccc(N(c2ccc(C(C)(C)C)cc2)c2ccc3c(c2)N(c2ccc4c(c2)C(C)(C)CCC4(C)C)B2c4oc5cc6c(cc5c4N(Cc4ccc(C(C)(C)C)cc4-c4ccccc4)c4cc(C(C)(C)C)cc-3c42)C(C)(C)CCC6(C)C)cc1. The van der Waals surface area contributed by atoms with Crippen LogP contribution in [0.25, 0.3) is 33.2 Å². The molecule has 4 nitrogen and oxygen atoms in total. The second kappa shape index (κ2) is 20.1.